The Morgan fingerprint density at radius 2 is 1.83 bits per heavy atom. The molecule has 3 aromatic rings. The molecule has 0 spiro atoms. The quantitative estimate of drug-likeness (QED) is 0.337. The van der Waals surface area contributed by atoms with Gasteiger partial charge in [-0.05, 0) is 41.1 Å². The van der Waals surface area contributed by atoms with Crippen molar-refractivity contribution in [2.24, 2.45) is 0 Å². The molecule has 0 bridgehead atoms. The number of nitrogens with zero attached hydrogens (tertiary/aromatic N) is 4. The van der Waals surface area contributed by atoms with E-state index in [2.05, 4.69) is 31.5 Å². The van der Waals surface area contributed by atoms with Gasteiger partial charge >= 0.3 is 0 Å². The fourth-order valence-corrected chi connectivity index (χ4v) is 3.27. The predicted octanol–water partition coefficient (Wildman–Crippen LogP) is 4.18. The van der Waals surface area contributed by atoms with Crippen LogP contribution in [0, 0.1) is 0 Å². The van der Waals surface area contributed by atoms with Crippen molar-refractivity contribution in [3.05, 3.63) is 64.6 Å². The number of hydrogen-bond acceptors (Lipinski definition) is 5. The second-order valence-electron chi connectivity index (χ2n) is 5.09. The Kier molecular flexibility index (Phi) is 5.77. The molecular formula is C17H15BrN4OS. The van der Waals surface area contributed by atoms with Crippen molar-refractivity contribution in [1.29, 1.82) is 0 Å². The van der Waals surface area contributed by atoms with Crippen molar-refractivity contribution in [1.82, 2.24) is 20.2 Å². The molecule has 3 rings (SSSR count). The van der Waals surface area contributed by atoms with Crippen molar-refractivity contribution < 1.29 is 4.79 Å². The highest BCUT2D eigenvalue weighted by atomic mass is 79.9. The van der Waals surface area contributed by atoms with Gasteiger partial charge in [-0.3, -0.25) is 4.79 Å². The first kappa shape index (κ1) is 16.9. The second-order valence-corrected chi connectivity index (χ2v) is 7.07. The molecule has 5 nitrogen and oxygen atoms in total. The van der Waals surface area contributed by atoms with E-state index in [4.69, 9.17) is 0 Å². The van der Waals surface area contributed by atoms with Gasteiger partial charge in [0.25, 0.3) is 0 Å². The van der Waals surface area contributed by atoms with E-state index in [9.17, 15) is 4.79 Å². The molecule has 0 saturated carbocycles. The van der Waals surface area contributed by atoms with Crippen LogP contribution in [-0.4, -0.2) is 31.7 Å². The summed E-state index contributed by atoms with van der Waals surface area (Å²) in [5.74, 6) is 0.945. The van der Waals surface area contributed by atoms with E-state index in [0.717, 1.165) is 33.1 Å². The van der Waals surface area contributed by atoms with Crippen LogP contribution < -0.4 is 0 Å². The van der Waals surface area contributed by atoms with Gasteiger partial charge in [0.15, 0.2) is 5.78 Å². The molecule has 1 heterocycles. The van der Waals surface area contributed by atoms with E-state index >= 15 is 0 Å². The molecule has 0 saturated heterocycles. The zero-order chi connectivity index (χ0) is 16.8. The maximum absolute atomic E-state index is 12.1. The van der Waals surface area contributed by atoms with Crippen molar-refractivity contribution >= 4 is 33.5 Å². The van der Waals surface area contributed by atoms with Crippen LogP contribution in [-0.2, 0) is 0 Å². The summed E-state index contributed by atoms with van der Waals surface area (Å²) < 4.78 is 2.68. The molecule has 1 aromatic heterocycles. The van der Waals surface area contributed by atoms with Crippen molar-refractivity contribution in [2.75, 3.05) is 5.75 Å². The molecule has 24 heavy (non-hydrogen) atoms. The molecule has 0 unspecified atom stereocenters. The molecule has 0 aliphatic carbocycles. The van der Waals surface area contributed by atoms with Gasteiger partial charge in [-0.1, -0.05) is 58.0 Å². The molecule has 7 heteroatoms. The molecule has 0 fully saturated rings. The lowest BCUT2D eigenvalue weighted by atomic mass is 10.1. The minimum atomic E-state index is 0.158. The summed E-state index contributed by atoms with van der Waals surface area (Å²) in [5.41, 5.74) is 1.67. The lowest BCUT2D eigenvalue weighted by molar-refractivity contribution is 0.0982. The Hall–Kier alpha value is -1.99. The van der Waals surface area contributed by atoms with E-state index in [0.29, 0.717) is 6.42 Å². The number of rotatable bonds is 7. The number of carbonyl (C=O) groups excluding carboxylic acids is 1. The van der Waals surface area contributed by atoms with Gasteiger partial charge in [-0.25, -0.2) is 0 Å². The van der Waals surface area contributed by atoms with Gasteiger partial charge in [-0.15, -0.1) is 5.10 Å². The Bertz CT molecular complexity index is 805. The number of benzene rings is 2. The number of thioether (sulfide) groups is 1. The lowest BCUT2D eigenvalue weighted by Crippen LogP contribution is -2.01. The first-order valence-corrected chi connectivity index (χ1v) is 9.27. The zero-order valence-electron chi connectivity index (χ0n) is 12.8. The van der Waals surface area contributed by atoms with Crippen molar-refractivity contribution in [2.45, 2.75) is 18.0 Å². The van der Waals surface area contributed by atoms with Crippen LogP contribution in [0.25, 0.3) is 5.69 Å². The summed E-state index contributed by atoms with van der Waals surface area (Å²) in [4.78, 5) is 12.1. The monoisotopic (exact) mass is 402 g/mol. The lowest BCUT2D eigenvalue weighted by Gasteiger charge is -2.04. The molecule has 0 N–H and O–H groups in total. The Morgan fingerprint density at radius 3 is 2.58 bits per heavy atom. The molecular weight excluding hydrogens is 388 g/mol. The average molecular weight is 403 g/mol. The third-order valence-corrected chi connectivity index (χ3v) is 4.92. The van der Waals surface area contributed by atoms with E-state index in [1.165, 1.54) is 0 Å². The van der Waals surface area contributed by atoms with E-state index in [1.54, 1.807) is 16.4 Å². The fourth-order valence-electron chi connectivity index (χ4n) is 2.18. The Labute approximate surface area is 152 Å². The first-order valence-electron chi connectivity index (χ1n) is 7.49. The van der Waals surface area contributed by atoms with Gasteiger partial charge < -0.3 is 0 Å². The molecule has 0 aliphatic rings. The number of tetrazole rings is 1. The predicted molar refractivity (Wildman–Crippen MR) is 97.6 cm³/mol. The largest absolute Gasteiger partial charge is 0.294 e. The SMILES string of the molecule is O=C(CCCSc1nnnn1-c1ccccc1)c1ccc(Br)cc1. The van der Waals surface area contributed by atoms with E-state index in [1.807, 2.05) is 54.6 Å². The zero-order valence-corrected chi connectivity index (χ0v) is 15.2. The minimum absolute atomic E-state index is 0.158. The van der Waals surface area contributed by atoms with Crippen LogP contribution >= 0.6 is 27.7 Å². The summed E-state index contributed by atoms with van der Waals surface area (Å²) in [6.07, 6.45) is 1.29. The molecule has 0 aliphatic heterocycles. The van der Waals surface area contributed by atoms with Crippen LogP contribution in [0.3, 0.4) is 0 Å². The number of halogens is 1. The Morgan fingerprint density at radius 1 is 1.08 bits per heavy atom. The number of aromatic nitrogens is 4. The normalized spacial score (nSPS) is 10.7. The molecule has 122 valence electrons. The summed E-state index contributed by atoms with van der Waals surface area (Å²) in [7, 11) is 0. The topological polar surface area (TPSA) is 60.7 Å². The summed E-state index contributed by atoms with van der Waals surface area (Å²) in [6.45, 7) is 0. The third-order valence-electron chi connectivity index (χ3n) is 3.39. The summed E-state index contributed by atoms with van der Waals surface area (Å²) in [6, 6.07) is 17.2. The number of carbonyl (C=O) groups is 1. The van der Waals surface area contributed by atoms with Crippen LogP contribution in [0.15, 0.2) is 64.2 Å². The maximum Gasteiger partial charge on any atom is 0.214 e. The number of para-hydroxylation sites is 1. The smallest absolute Gasteiger partial charge is 0.214 e. The number of ketones is 1. The molecule has 0 atom stereocenters. The third kappa shape index (κ3) is 4.30. The van der Waals surface area contributed by atoms with Gasteiger partial charge in [-0.2, -0.15) is 4.68 Å². The highest BCUT2D eigenvalue weighted by Gasteiger charge is 2.10. The second kappa shape index (κ2) is 8.21. The van der Waals surface area contributed by atoms with Gasteiger partial charge in [0.05, 0.1) is 5.69 Å². The molecule has 0 radical (unpaired) electrons. The fraction of sp³-hybridized carbons (Fsp3) is 0.176. The minimum Gasteiger partial charge on any atom is -0.294 e. The van der Waals surface area contributed by atoms with Crippen molar-refractivity contribution in [3.8, 4) is 5.69 Å². The summed E-state index contributed by atoms with van der Waals surface area (Å²) >= 11 is 4.93. The van der Waals surface area contributed by atoms with Crippen LogP contribution in [0.2, 0.25) is 0 Å². The van der Waals surface area contributed by atoms with Crippen LogP contribution in [0.4, 0.5) is 0 Å². The van der Waals surface area contributed by atoms with Crippen molar-refractivity contribution in [3.63, 3.8) is 0 Å². The highest BCUT2D eigenvalue weighted by Crippen LogP contribution is 2.20. The number of Topliss-reactive ketones (excluding diaryl/α,β-unsaturated/α-hetero) is 1. The number of hydrogen-bond donors (Lipinski definition) is 0. The van der Waals surface area contributed by atoms with E-state index in [-0.39, 0.29) is 5.78 Å². The van der Waals surface area contributed by atoms with Crippen LogP contribution in [0.5, 0.6) is 0 Å². The van der Waals surface area contributed by atoms with Gasteiger partial charge in [0.2, 0.25) is 5.16 Å². The standard InChI is InChI=1S/C17H15BrN4OS/c18-14-10-8-13(9-11-14)16(23)7-4-12-24-17-19-20-21-22(17)15-5-2-1-3-6-15/h1-3,5-6,8-11H,4,7,12H2. The maximum atomic E-state index is 12.1. The molecule has 0 amide bonds. The van der Waals surface area contributed by atoms with Gasteiger partial charge in [0, 0.05) is 22.2 Å². The Balaban J connectivity index is 1.52. The summed E-state index contributed by atoms with van der Waals surface area (Å²) in [5, 5.41) is 12.5. The van der Waals surface area contributed by atoms with E-state index < -0.39 is 0 Å². The van der Waals surface area contributed by atoms with Crippen LogP contribution in [0.1, 0.15) is 23.2 Å². The first-order chi connectivity index (χ1) is 11.7. The average Bonchev–Trinajstić information content (AvgIpc) is 3.08. The van der Waals surface area contributed by atoms with Gasteiger partial charge in [0.1, 0.15) is 0 Å². The highest BCUT2D eigenvalue weighted by molar-refractivity contribution is 9.10. The molecule has 2 aromatic carbocycles.